The van der Waals surface area contributed by atoms with Crippen LogP contribution >= 0.6 is 0 Å². The lowest BCUT2D eigenvalue weighted by molar-refractivity contribution is 0.292. The minimum absolute atomic E-state index is 0.388. The van der Waals surface area contributed by atoms with Gasteiger partial charge in [-0.1, -0.05) is 26.7 Å². The van der Waals surface area contributed by atoms with Crippen LogP contribution in [0.3, 0.4) is 0 Å². The normalized spacial score (nSPS) is 10.3. The second kappa shape index (κ2) is 8.50. The Labute approximate surface area is 115 Å². The summed E-state index contributed by atoms with van der Waals surface area (Å²) in [5.74, 6) is 1.19. The topological polar surface area (TPSA) is 63.2 Å². The lowest BCUT2D eigenvalue weighted by atomic mass is 10.2. The molecule has 19 heavy (non-hydrogen) atoms. The Kier molecular flexibility index (Phi) is 6.92. The molecule has 0 atom stereocenters. The van der Waals surface area contributed by atoms with Gasteiger partial charge in [-0.2, -0.15) is 15.0 Å². The zero-order valence-electron chi connectivity index (χ0n) is 12.4. The molecule has 108 valence electrons. The Morgan fingerprint density at radius 1 is 1.11 bits per heavy atom. The van der Waals surface area contributed by atoms with Crippen LogP contribution in [0.25, 0.3) is 0 Å². The van der Waals surface area contributed by atoms with Crippen molar-refractivity contribution in [3.8, 4) is 6.01 Å². The molecule has 0 aliphatic rings. The second-order valence-corrected chi connectivity index (χ2v) is 4.47. The van der Waals surface area contributed by atoms with E-state index in [-0.39, 0.29) is 0 Å². The van der Waals surface area contributed by atoms with Crippen LogP contribution in [-0.4, -0.2) is 42.2 Å². The summed E-state index contributed by atoms with van der Waals surface area (Å²) >= 11 is 0. The molecule has 0 saturated carbocycles. The Morgan fingerprint density at radius 2 is 1.89 bits per heavy atom. The number of hydrogen-bond acceptors (Lipinski definition) is 6. The van der Waals surface area contributed by atoms with Crippen molar-refractivity contribution in [1.29, 1.82) is 0 Å². The van der Waals surface area contributed by atoms with E-state index in [0.717, 1.165) is 19.4 Å². The van der Waals surface area contributed by atoms with Crippen LogP contribution in [0.15, 0.2) is 0 Å². The Morgan fingerprint density at radius 3 is 2.53 bits per heavy atom. The van der Waals surface area contributed by atoms with E-state index in [4.69, 9.17) is 4.74 Å². The smallest absolute Gasteiger partial charge is 0.323 e. The van der Waals surface area contributed by atoms with E-state index in [2.05, 4.69) is 34.1 Å². The first-order valence-electron chi connectivity index (χ1n) is 6.99. The van der Waals surface area contributed by atoms with Crippen LogP contribution in [0, 0.1) is 0 Å². The predicted octanol–water partition coefficient (Wildman–Crippen LogP) is 2.33. The maximum absolute atomic E-state index is 5.49. The first-order valence-corrected chi connectivity index (χ1v) is 6.99. The van der Waals surface area contributed by atoms with Gasteiger partial charge in [0.25, 0.3) is 0 Å². The predicted molar refractivity (Wildman–Crippen MR) is 78.0 cm³/mol. The third-order valence-electron chi connectivity index (χ3n) is 2.70. The van der Waals surface area contributed by atoms with Crippen LogP contribution in [0.1, 0.15) is 39.5 Å². The second-order valence-electron chi connectivity index (χ2n) is 4.47. The molecule has 1 heterocycles. The van der Waals surface area contributed by atoms with Gasteiger partial charge < -0.3 is 15.0 Å². The fourth-order valence-electron chi connectivity index (χ4n) is 1.59. The van der Waals surface area contributed by atoms with Crippen molar-refractivity contribution in [3.63, 3.8) is 0 Å². The van der Waals surface area contributed by atoms with E-state index in [0.29, 0.717) is 24.5 Å². The number of anilines is 2. The number of aromatic nitrogens is 3. The molecule has 0 aromatic carbocycles. The number of rotatable bonds is 9. The summed E-state index contributed by atoms with van der Waals surface area (Å²) < 4.78 is 5.49. The van der Waals surface area contributed by atoms with Crippen molar-refractivity contribution < 1.29 is 4.74 Å². The van der Waals surface area contributed by atoms with Gasteiger partial charge in [-0.25, -0.2) is 0 Å². The van der Waals surface area contributed by atoms with E-state index in [1.54, 1.807) is 7.05 Å². The molecule has 0 spiro atoms. The molecule has 0 amide bonds. The fraction of sp³-hybridized carbons (Fsp3) is 0.769. The molecule has 1 rings (SSSR count). The summed E-state index contributed by atoms with van der Waals surface area (Å²) in [4.78, 5) is 14.9. The molecule has 0 bridgehead atoms. The molecule has 6 heteroatoms. The van der Waals surface area contributed by atoms with E-state index in [9.17, 15) is 0 Å². The molecule has 0 fully saturated rings. The Balaban J connectivity index is 2.74. The zero-order valence-corrected chi connectivity index (χ0v) is 12.4. The zero-order chi connectivity index (χ0) is 14.1. The van der Waals surface area contributed by atoms with Crippen molar-refractivity contribution in [3.05, 3.63) is 0 Å². The van der Waals surface area contributed by atoms with Gasteiger partial charge in [0.2, 0.25) is 11.9 Å². The van der Waals surface area contributed by atoms with Gasteiger partial charge in [0.05, 0.1) is 6.61 Å². The Hall–Kier alpha value is -1.59. The van der Waals surface area contributed by atoms with E-state index in [1.807, 2.05) is 11.9 Å². The molecular formula is C13H25N5O. The quantitative estimate of drug-likeness (QED) is 0.693. The molecule has 1 aromatic rings. The highest BCUT2D eigenvalue weighted by Crippen LogP contribution is 2.14. The summed E-state index contributed by atoms with van der Waals surface area (Å²) in [6.45, 7) is 5.80. The molecule has 0 radical (unpaired) electrons. The molecule has 6 nitrogen and oxygen atoms in total. The van der Waals surface area contributed by atoms with Crippen molar-refractivity contribution >= 4 is 11.9 Å². The van der Waals surface area contributed by atoms with Gasteiger partial charge in [-0.15, -0.1) is 0 Å². The standard InChI is InChI=1S/C13H25N5O/c1-5-7-8-9-18(4)12-15-11(14-3)16-13(17-12)19-10-6-2/h5-10H2,1-4H3,(H,14,15,16,17). The van der Waals surface area contributed by atoms with Crippen molar-refractivity contribution in [2.75, 3.05) is 37.5 Å². The number of nitrogens with zero attached hydrogens (tertiary/aromatic N) is 4. The van der Waals surface area contributed by atoms with Gasteiger partial charge in [0, 0.05) is 20.6 Å². The number of unbranched alkanes of at least 4 members (excludes halogenated alkanes) is 2. The van der Waals surface area contributed by atoms with Crippen LogP contribution in [0.2, 0.25) is 0 Å². The SMILES string of the molecule is CCCCCN(C)c1nc(NC)nc(OCCC)n1. The minimum atomic E-state index is 0.388. The first-order chi connectivity index (χ1) is 9.21. The minimum Gasteiger partial charge on any atom is -0.463 e. The van der Waals surface area contributed by atoms with Gasteiger partial charge in [-0.3, -0.25) is 0 Å². The van der Waals surface area contributed by atoms with Crippen LogP contribution in [0.5, 0.6) is 6.01 Å². The third kappa shape index (κ3) is 5.28. The average Bonchev–Trinajstić information content (AvgIpc) is 2.44. The average molecular weight is 267 g/mol. The van der Waals surface area contributed by atoms with E-state index >= 15 is 0 Å². The summed E-state index contributed by atoms with van der Waals surface area (Å²) in [6.07, 6.45) is 4.49. The number of hydrogen-bond donors (Lipinski definition) is 1. The molecule has 0 saturated heterocycles. The molecule has 1 N–H and O–H groups in total. The lowest BCUT2D eigenvalue weighted by Crippen LogP contribution is -2.22. The summed E-state index contributed by atoms with van der Waals surface area (Å²) in [5.41, 5.74) is 0. The highest BCUT2D eigenvalue weighted by Gasteiger charge is 2.10. The summed E-state index contributed by atoms with van der Waals surface area (Å²) in [5, 5.41) is 2.94. The highest BCUT2D eigenvalue weighted by atomic mass is 16.5. The molecular weight excluding hydrogens is 242 g/mol. The largest absolute Gasteiger partial charge is 0.463 e. The number of nitrogens with one attached hydrogen (secondary N) is 1. The fourth-order valence-corrected chi connectivity index (χ4v) is 1.59. The number of ether oxygens (including phenoxy) is 1. The van der Waals surface area contributed by atoms with Gasteiger partial charge in [-0.05, 0) is 12.8 Å². The van der Waals surface area contributed by atoms with E-state index in [1.165, 1.54) is 12.8 Å². The first kappa shape index (κ1) is 15.5. The van der Waals surface area contributed by atoms with Crippen molar-refractivity contribution in [2.45, 2.75) is 39.5 Å². The molecule has 0 aliphatic carbocycles. The van der Waals surface area contributed by atoms with Gasteiger partial charge in [0.15, 0.2) is 0 Å². The van der Waals surface area contributed by atoms with Crippen molar-refractivity contribution in [1.82, 2.24) is 15.0 Å². The Bertz CT molecular complexity index is 372. The van der Waals surface area contributed by atoms with Gasteiger partial charge in [0.1, 0.15) is 0 Å². The third-order valence-corrected chi connectivity index (χ3v) is 2.70. The summed E-state index contributed by atoms with van der Waals surface area (Å²) in [6, 6.07) is 0.388. The molecule has 1 aromatic heterocycles. The van der Waals surface area contributed by atoms with E-state index < -0.39 is 0 Å². The summed E-state index contributed by atoms with van der Waals surface area (Å²) in [7, 11) is 3.79. The monoisotopic (exact) mass is 267 g/mol. The maximum atomic E-state index is 5.49. The maximum Gasteiger partial charge on any atom is 0.323 e. The van der Waals surface area contributed by atoms with Crippen molar-refractivity contribution in [2.24, 2.45) is 0 Å². The van der Waals surface area contributed by atoms with Crippen LogP contribution < -0.4 is 15.0 Å². The van der Waals surface area contributed by atoms with Crippen LogP contribution in [0.4, 0.5) is 11.9 Å². The lowest BCUT2D eigenvalue weighted by Gasteiger charge is -2.17. The van der Waals surface area contributed by atoms with Crippen LogP contribution in [-0.2, 0) is 0 Å². The highest BCUT2D eigenvalue weighted by molar-refractivity contribution is 5.37. The molecule has 0 unspecified atom stereocenters. The molecule has 0 aliphatic heterocycles. The van der Waals surface area contributed by atoms with Gasteiger partial charge >= 0.3 is 6.01 Å².